The molecule has 1 aliphatic carbocycles. The molecule has 1 aliphatic rings. The lowest BCUT2D eigenvalue weighted by Crippen LogP contribution is -2.45. The smallest absolute Gasteiger partial charge is 0.242 e. The van der Waals surface area contributed by atoms with Crippen molar-refractivity contribution in [2.75, 3.05) is 0 Å². The molecule has 1 rings (SSSR count). The number of nitrogens with two attached hydrogens (primary N) is 1. The highest BCUT2D eigenvalue weighted by molar-refractivity contribution is 5.87. The third-order valence-electron chi connectivity index (χ3n) is 2.76. The quantitative estimate of drug-likeness (QED) is 0.599. The van der Waals surface area contributed by atoms with Gasteiger partial charge in [0.15, 0.2) is 0 Å². The van der Waals surface area contributed by atoms with Crippen LogP contribution in [0, 0.1) is 0 Å². The Labute approximate surface area is 103 Å². The summed E-state index contributed by atoms with van der Waals surface area (Å²) in [4.78, 5) is 23.1. The Hall–Kier alpha value is -1.10. The fourth-order valence-electron chi connectivity index (χ4n) is 1.52. The van der Waals surface area contributed by atoms with Gasteiger partial charge in [0.05, 0.1) is 0 Å². The minimum Gasteiger partial charge on any atom is -0.352 e. The molecule has 17 heavy (non-hydrogen) atoms. The number of amides is 2. The summed E-state index contributed by atoms with van der Waals surface area (Å²) in [7, 11) is 0. The third kappa shape index (κ3) is 6.26. The molecule has 0 spiro atoms. The second kappa shape index (κ2) is 6.59. The lowest BCUT2D eigenvalue weighted by atomic mass is 10.1. The molecule has 2 atom stereocenters. The molecule has 0 aromatic carbocycles. The highest BCUT2D eigenvalue weighted by Crippen LogP contribution is 2.18. The summed E-state index contributed by atoms with van der Waals surface area (Å²) >= 11 is 0. The fourth-order valence-corrected chi connectivity index (χ4v) is 1.52. The summed E-state index contributed by atoms with van der Waals surface area (Å²) in [5.41, 5.74) is 5.59. The average Bonchev–Trinajstić information content (AvgIpc) is 3.00. The molecular formula is C12H23N3O2. The molecule has 0 aromatic rings. The van der Waals surface area contributed by atoms with Crippen LogP contribution < -0.4 is 16.4 Å². The van der Waals surface area contributed by atoms with Crippen LogP contribution >= 0.6 is 0 Å². The summed E-state index contributed by atoms with van der Waals surface area (Å²) < 4.78 is 0. The van der Waals surface area contributed by atoms with Crippen LogP contribution in [0.3, 0.4) is 0 Å². The van der Waals surface area contributed by atoms with Crippen molar-refractivity contribution in [2.24, 2.45) is 5.73 Å². The first-order valence-corrected chi connectivity index (χ1v) is 6.34. The Morgan fingerprint density at radius 1 is 1.35 bits per heavy atom. The first-order chi connectivity index (χ1) is 7.99. The zero-order chi connectivity index (χ0) is 12.8. The van der Waals surface area contributed by atoms with Gasteiger partial charge in [-0.1, -0.05) is 0 Å². The van der Waals surface area contributed by atoms with E-state index in [2.05, 4.69) is 10.6 Å². The first kappa shape index (κ1) is 14.0. The van der Waals surface area contributed by atoms with Gasteiger partial charge in [0, 0.05) is 18.5 Å². The largest absolute Gasteiger partial charge is 0.352 e. The van der Waals surface area contributed by atoms with Crippen molar-refractivity contribution in [3.63, 3.8) is 0 Å². The van der Waals surface area contributed by atoms with Crippen LogP contribution in [0.5, 0.6) is 0 Å². The fraction of sp³-hybridized carbons (Fsp3) is 0.833. The standard InChI is InChI=1S/C12H23N3O2/c1-8(13)4-3-5-11(16)14-9(2)12(17)15-10-6-7-10/h8-10H,3-7,13H2,1-2H3,(H,14,16)(H,15,17). The summed E-state index contributed by atoms with van der Waals surface area (Å²) in [5.74, 6) is -0.169. The summed E-state index contributed by atoms with van der Waals surface area (Å²) in [6.45, 7) is 3.63. The van der Waals surface area contributed by atoms with E-state index in [1.54, 1.807) is 6.92 Å². The van der Waals surface area contributed by atoms with Gasteiger partial charge in [0.25, 0.3) is 0 Å². The van der Waals surface area contributed by atoms with Crippen molar-refractivity contribution in [1.82, 2.24) is 10.6 Å². The molecule has 0 radical (unpaired) electrons. The number of nitrogens with one attached hydrogen (secondary N) is 2. The molecule has 1 saturated carbocycles. The first-order valence-electron chi connectivity index (χ1n) is 6.34. The Balaban J connectivity index is 2.13. The van der Waals surface area contributed by atoms with E-state index in [1.165, 1.54) is 0 Å². The van der Waals surface area contributed by atoms with E-state index >= 15 is 0 Å². The van der Waals surface area contributed by atoms with E-state index in [0.717, 1.165) is 25.7 Å². The Morgan fingerprint density at radius 3 is 2.53 bits per heavy atom. The predicted octanol–water partition coefficient (Wildman–Crippen LogP) is 0.287. The number of rotatable bonds is 7. The normalized spacial score (nSPS) is 18.3. The average molecular weight is 241 g/mol. The Bertz CT molecular complexity index is 275. The Kier molecular flexibility index (Phi) is 5.41. The lowest BCUT2D eigenvalue weighted by molar-refractivity contribution is -0.128. The van der Waals surface area contributed by atoms with Crippen molar-refractivity contribution >= 4 is 11.8 Å². The maximum Gasteiger partial charge on any atom is 0.242 e. The molecule has 4 N–H and O–H groups in total. The molecule has 5 heteroatoms. The third-order valence-corrected chi connectivity index (χ3v) is 2.76. The maximum atomic E-state index is 11.6. The number of carbonyl (C=O) groups excluding carboxylic acids is 2. The monoisotopic (exact) mass is 241 g/mol. The van der Waals surface area contributed by atoms with Gasteiger partial charge in [-0.25, -0.2) is 0 Å². The van der Waals surface area contributed by atoms with Gasteiger partial charge in [-0.3, -0.25) is 9.59 Å². The zero-order valence-corrected chi connectivity index (χ0v) is 10.7. The second-order valence-corrected chi connectivity index (χ2v) is 4.94. The maximum absolute atomic E-state index is 11.6. The van der Waals surface area contributed by atoms with Gasteiger partial charge in [-0.2, -0.15) is 0 Å². The predicted molar refractivity (Wildman–Crippen MR) is 66.3 cm³/mol. The van der Waals surface area contributed by atoms with Crippen LogP contribution in [0.1, 0.15) is 46.0 Å². The highest BCUT2D eigenvalue weighted by Gasteiger charge is 2.25. The lowest BCUT2D eigenvalue weighted by Gasteiger charge is -2.14. The van der Waals surface area contributed by atoms with Crippen molar-refractivity contribution in [2.45, 2.75) is 64.1 Å². The SMILES string of the molecule is CC(N)CCCC(=O)NC(C)C(=O)NC1CC1. The molecule has 0 heterocycles. The molecule has 2 unspecified atom stereocenters. The number of carbonyl (C=O) groups is 2. The molecule has 0 saturated heterocycles. The van der Waals surface area contributed by atoms with Crippen molar-refractivity contribution in [3.8, 4) is 0 Å². The summed E-state index contributed by atoms with van der Waals surface area (Å²) in [6, 6.07) is 0.0109. The van der Waals surface area contributed by atoms with Crippen molar-refractivity contribution in [1.29, 1.82) is 0 Å². The van der Waals surface area contributed by atoms with Crippen molar-refractivity contribution < 1.29 is 9.59 Å². The molecule has 0 bridgehead atoms. The van der Waals surface area contributed by atoms with Crippen LogP contribution in [0.2, 0.25) is 0 Å². The van der Waals surface area contributed by atoms with E-state index in [4.69, 9.17) is 5.73 Å². The molecule has 5 nitrogen and oxygen atoms in total. The van der Waals surface area contributed by atoms with Gasteiger partial charge < -0.3 is 16.4 Å². The molecule has 0 aliphatic heterocycles. The highest BCUT2D eigenvalue weighted by atomic mass is 16.2. The van der Waals surface area contributed by atoms with Crippen molar-refractivity contribution in [3.05, 3.63) is 0 Å². The number of hydrogen-bond donors (Lipinski definition) is 3. The van der Waals surface area contributed by atoms with Gasteiger partial charge in [0.2, 0.25) is 11.8 Å². The molecular weight excluding hydrogens is 218 g/mol. The van der Waals surface area contributed by atoms with Crippen LogP contribution in [0.25, 0.3) is 0 Å². The molecule has 2 amide bonds. The zero-order valence-electron chi connectivity index (χ0n) is 10.7. The molecule has 98 valence electrons. The van der Waals surface area contributed by atoms with E-state index in [0.29, 0.717) is 12.5 Å². The van der Waals surface area contributed by atoms with Gasteiger partial charge in [0.1, 0.15) is 6.04 Å². The van der Waals surface area contributed by atoms with E-state index in [-0.39, 0.29) is 17.9 Å². The molecule has 0 aromatic heterocycles. The minimum atomic E-state index is -0.446. The molecule has 1 fully saturated rings. The van der Waals surface area contributed by atoms with Crippen LogP contribution in [0.4, 0.5) is 0 Å². The minimum absolute atomic E-state index is 0.0795. The second-order valence-electron chi connectivity index (χ2n) is 4.94. The van der Waals surface area contributed by atoms with E-state index in [9.17, 15) is 9.59 Å². The Morgan fingerprint density at radius 2 is 2.00 bits per heavy atom. The van der Waals surface area contributed by atoms with Crippen LogP contribution in [0.15, 0.2) is 0 Å². The summed E-state index contributed by atoms with van der Waals surface area (Å²) in [6.07, 6.45) is 4.14. The van der Waals surface area contributed by atoms with Gasteiger partial charge in [-0.15, -0.1) is 0 Å². The van der Waals surface area contributed by atoms with Gasteiger partial charge in [-0.05, 0) is 39.5 Å². The van der Waals surface area contributed by atoms with Crippen LogP contribution in [-0.2, 0) is 9.59 Å². The van der Waals surface area contributed by atoms with E-state index in [1.807, 2.05) is 6.92 Å². The van der Waals surface area contributed by atoms with E-state index < -0.39 is 6.04 Å². The number of hydrogen-bond acceptors (Lipinski definition) is 3. The van der Waals surface area contributed by atoms with Crippen LogP contribution in [-0.4, -0.2) is 29.9 Å². The summed E-state index contributed by atoms with van der Waals surface area (Å²) in [5, 5.41) is 5.55. The topological polar surface area (TPSA) is 84.2 Å². The van der Waals surface area contributed by atoms with Gasteiger partial charge >= 0.3 is 0 Å².